The van der Waals surface area contributed by atoms with Crippen molar-refractivity contribution >= 4 is 5.97 Å². The van der Waals surface area contributed by atoms with Gasteiger partial charge < -0.3 is 20.7 Å². The molecule has 0 radical (unpaired) electrons. The highest BCUT2D eigenvalue weighted by Gasteiger charge is 2.32. The number of carboxylic acids is 1. The van der Waals surface area contributed by atoms with Crippen molar-refractivity contribution in [2.24, 2.45) is 5.73 Å². The van der Waals surface area contributed by atoms with Crippen LogP contribution in [0.25, 0.3) is 0 Å². The normalized spacial score (nSPS) is 24.3. The molecule has 1 aromatic rings. The summed E-state index contributed by atoms with van der Waals surface area (Å²) in [5.41, 5.74) is 7.43. The number of rotatable bonds is 5. The number of hydrogen-bond donors (Lipinski definition) is 3. The van der Waals surface area contributed by atoms with Crippen molar-refractivity contribution in [2.45, 2.75) is 24.3 Å². The summed E-state index contributed by atoms with van der Waals surface area (Å²) in [5.74, 6) is -1.60. The largest absolute Gasteiger partial charge is 0.481 e. The van der Waals surface area contributed by atoms with Gasteiger partial charge in [-0.15, -0.1) is 0 Å². The molecule has 5 nitrogen and oxygen atoms in total. The van der Waals surface area contributed by atoms with Crippen molar-refractivity contribution in [3.63, 3.8) is 0 Å². The average molecular weight is 265 g/mol. The van der Waals surface area contributed by atoms with Crippen LogP contribution in [0.4, 0.5) is 0 Å². The van der Waals surface area contributed by atoms with E-state index in [-0.39, 0.29) is 13.0 Å². The van der Waals surface area contributed by atoms with Crippen LogP contribution in [-0.4, -0.2) is 36.0 Å². The molecule has 0 saturated carbocycles. The van der Waals surface area contributed by atoms with E-state index in [4.69, 9.17) is 20.7 Å². The van der Waals surface area contributed by atoms with Gasteiger partial charge in [0.2, 0.25) is 0 Å². The summed E-state index contributed by atoms with van der Waals surface area (Å²) in [6.07, 6.45) is 0.983. The third kappa shape index (κ3) is 2.94. The number of carboxylic acid groups (broad SMARTS) is 1. The molecule has 2 rings (SSSR count). The van der Waals surface area contributed by atoms with Crippen LogP contribution in [0.3, 0.4) is 0 Å². The van der Waals surface area contributed by atoms with Crippen LogP contribution in [-0.2, 0) is 15.1 Å². The van der Waals surface area contributed by atoms with Crippen molar-refractivity contribution in [3.8, 4) is 0 Å². The van der Waals surface area contributed by atoms with Gasteiger partial charge in [0.15, 0.2) is 0 Å². The van der Waals surface area contributed by atoms with Gasteiger partial charge in [-0.25, -0.2) is 0 Å². The van der Waals surface area contributed by atoms with Gasteiger partial charge >= 0.3 is 5.97 Å². The molecule has 0 aliphatic carbocycles. The van der Waals surface area contributed by atoms with Crippen LogP contribution in [0, 0.1) is 0 Å². The second-order valence-electron chi connectivity index (χ2n) is 4.98. The smallest absolute Gasteiger partial charge is 0.311 e. The Kier molecular flexibility index (Phi) is 4.19. The van der Waals surface area contributed by atoms with Gasteiger partial charge in [-0.1, -0.05) is 24.3 Å². The standard InChI is InChI=1S/C14H19NO4/c15-14(6-8-19-9-14)11-3-1-10(2-4-11)12(5-7-16)13(17)18/h1-4,12,16H,5-9,15H2,(H,17,18). The Morgan fingerprint density at radius 2 is 2.11 bits per heavy atom. The number of aliphatic hydroxyl groups is 1. The van der Waals surface area contributed by atoms with Crippen molar-refractivity contribution in [3.05, 3.63) is 35.4 Å². The Labute approximate surface area is 112 Å². The molecule has 4 N–H and O–H groups in total. The molecule has 0 spiro atoms. The van der Waals surface area contributed by atoms with Gasteiger partial charge in [0, 0.05) is 13.2 Å². The van der Waals surface area contributed by atoms with E-state index in [0.29, 0.717) is 18.8 Å². The number of nitrogens with two attached hydrogens (primary N) is 1. The zero-order valence-corrected chi connectivity index (χ0v) is 10.7. The summed E-state index contributed by atoms with van der Waals surface area (Å²) in [6, 6.07) is 7.27. The van der Waals surface area contributed by atoms with Crippen LogP contribution in [0.5, 0.6) is 0 Å². The summed E-state index contributed by atoms with van der Waals surface area (Å²) >= 11 is 0. The maximum Gasteiger partial charge on any atom is 0.311 e. The maximum absolute atomic E-state index is 11.1. The fourth-order valence-electron chi connectivity index (χ4n) is 2.42. The van der Waals surface area contributed by atoms with Crippen LogP contribution < -0.4 is 5.73 Å². The summed E-state index contributed by atoms with van der Waals surface area (Å²) in [4.78, 5) is 11.1. The monoisotopic (exact) mass is 265 g/mol. The number of ether oxygens (including phenoxy) is 1. The van der Waals surface area contributed by atoms with E-state index >= 15 is 0 Å². The lowest BCUT2D eigenvalue weighted by atomic mass is 9.87. The van der Waals surface area contributed by atoms with E-state index in [2.05, 4.69) is 0 Å². The molecule has 1 aromatic carbocycles. The predicted octanol–water partition coefficient (Wildman–Crippen LogP) is 0.811. The molecule has 1 saturated heterocycles. The third-order valence-corrected chi connectivity index (χ3v) is 3.66. The topological polar surface area (TPSA) is 92.8 Å². The van der Waals surface area contributed by atoms with Crippen molar-refractivity contribution in [2.75, 3.05) is 19.8 Å². The second kappa shape index (κ2) is 5.69. The highest BCUT2D eigenvalue weighted by Crippen LogP contribution is 2.29. The van der Waals surface area contributed by atoms with Gasteiger partial charge in [-0.3, -0.25) is 4.79 Å². The molecule has 0 bridgehead atoms. The molecule has 0 amide bonds. The van der Waals surface area contributed by atoms with E-state index in [1.807, 2.05) is 12.1 Å². The molecule has 0 aromatic heterocycles. The molecule has 104 valence electrons. The molecular formula is C14H19NO4. The quantitative estimate of drug-likeness (QED) is 0.732. The fraction of sp³-hybridized carbons (Fsp3) is 0.500. The number of carbonyl (C=O) groups is 1. The molecule has 1 aliphatic heterocycles. The first-order valence-corrected chi connectivity index (χ1v) is 6.37. The summed E-state index contributed by atoms with van der Waals surface area (Å²) in [5, 5.41) is 18.0. The molecular weight excluding hydrogens is 246 g/mol. The zero-order chi connectivity index (χ0) is 13.9. The Morgan fingerprint density at radius 3 is 2.58 bits per heavy atom. The maximum atomic E-state index is 11.1. The van der Waals surface area contributed by atoms with E-state index in [0.717, 1.165) is 12.0 Å². The fourth-order valence-corrected chi connectivity index (χ4v) is 2.42. The highest BCUT2D eigenvalue weighted by atomic mass is 16.5. The summed E-state index contributed by atoms with van der Waals surface area (Å²) in [6.45, 7) is 0.999. The van der Waals surface area contributed by atoms with Crippen molar-refractivity contribution < 1.29 is 19.7 Å². The molecule has 5 heteroatoms. The zero-order valence-electron chi connectivity index (χ0n) is 10.7. The molecule has 2 atom stereocenters. The Hall–Kier alpha value is -1.43. The van der Waals surface area contributed by atoms with Gasteiger partial charge in [-0.05, 0) is 24.0 Å². The molecule has 1 aliphatic rings. The van der Waals surface area contributed by atoms with Gasteiger partial charge in [0.1, 0.15) is 0 Å². The third-order valence-electron chi connectivity index (χ3n) is 3.66. The van der Waals surface area contributed by atoms with E-state index in [1.165, 1.54) is 0 Å². The molecule has 1 fully saturated rings. The van der Waals surface area contributed by atoms with Crippen molar-refractivity contribution in [1.82, 2.24) is 0 Å². The lowest BCUT2D eigenvalue weighted by Crippen LogP contribution is -2.36. The first kappa shape index (κ1) is 14.0. The first-order chi connectivity index (χ1) is 9.07. The summed E-state index contributed by atoms with van der Waals surface area (Å²) < 4.78 is 5.32. The number of aliphatic carboxylic acids is 1. The summed E-state index contributed by atoms with van der Waals surface area (Å²) in [7, 11) is 0. The van der Waals surface area contributed by atoms with Gasteiger partial charge in [0.05, 0.1) is 18.1 Å². The number of aliphatic hydroxyl groups excluding tert-OH is 1. The molecule has 2 unspecified atom stereocenters. The Morgan fingerprint density at radius 1 is 1.42 bits per heavy atom. The minimum atomic E-state index is -0.923. The SMILES string of the molecule is NC1(c2ccc(C(CCO)C(=O)O)cc2)CCOC1. The van der Waals surface area contributed by atoms with Gasteiger partial charge in [-0.2, -0.15) is 0 Å². The average Bonchev–Trinajstić information content (AvgIpc) is 2.84. The second-order valence-corrected chi connectivity index (χ2v) is 4.98. The van der Waals surface area contributed by atoms with E-state index in [9.17, 15) is 4.79 Å². The highest BCUT2D eigenvalue weighted by molar-refractivity contribution is 5.76. The van der Waals surface area contributed by atoms with E-state index in [1.54, 1.807) is 12.1 Å². The Bertz CT molecular complexity index is 437. The van der Waals surface area contributed by atoms with Gasteiger partial charge in [0.25, 0.3) is 0 Å². The van der Waals surface area contributed by atoms with Crippen molar-refractivity contribution in [1.29, 1.82) is 0 Å². The number of hydrogen-bond acceptors (Lipinski definition) is 4. The van der Waals surface area contributed by atoms with Crippen LogP contribution in [0.1, 0.15) is 29.9 Å². The van der Waals surface area contributed by atoms with Crippen LogP contribution >= 0.6 is 0 Å². The minimum Gasteiger partial charge on any atom is -0.481 e. The van der Waals surface area contributed by atoms with Crippen LogP contribution in [0.2, 0.25) is 0 Å². The Balaban J connectivity index is 2.19. The lowest BCUT2D eigenvalue weighted by Gasteiger charge is -2.23. The lowest BCUT2D eigenvalue weighted by molar-refractivity contribution is -0.139. The first-order valence-electron chi connectivity index (χ1n) is 6.37. The molecule has 1 heterocycles. The van der Waals surface area contributed by atoms with Crippen LogP contribution in [0.15, 0.2) is 24.3 Å². The number of benzene rings is 1. The minimum absolute atomic E-state index is 0.145. The van der Waals surface area contributed by atoms with E-state index < -0.39 is 17.4 Å². The molecule has 19 heavy (non-hydrogen) atoms. The predicted molar refractivity (Wildman–Crippen MR) is 69.8 cm³/mol.